The highest BCUT2D eigenvalue weighted by Crippen LogP contribution is 2.08. The van der Waals surface area contributed by atoms with E-state index >= 15 is 0 Å². The van der Waals surface area contributed by atoms with Crippen molar-refractivity contribution in [1.82, 2.24) is 10.3 Å². The van der Waals surface area contributed by atoms with Gasteiger partial charge in [-0.15, -0.1) is 0 Å². The predicted molar refractivity (Wildman–Crippen MR) is 73.5 cm³/mol. The molecule has 1 unspecified atom stereocenters. The van der Waals surface area contributed by atoms with Gasteiger partial charge < -0.3 is 15.2 Å². The molecule has 1 heterocycles. The summed E-state index contributed by atoms with van der Waals surface area (Å²) in [5.74, 6) is -1.13. The van der Waals surface area contributed by atoms with Crippen molar-refractivity contribution in [3.05, 3.63) is 29.6 Å². The van der Waals surface area contributed by atoms with E-state index < -0.39 is 23.7 Å². The zero-order valence-corrected chi connectivity index (χ0v) is 12.1. The first kappa shape index (κ1) is 15.9. The standard InChI is InChI=1S/C14H20N2O4/c1-9-5-6-10(15-8-9)7-11(12(17)18)16-13(19)20-14(2,3)4/h5-6,8,11H,7H2,1-4H3,(H,16,19)(H,17,18). The van der Waals surface area contributed by atoms with Crippen LogP contribution in [0.15, 0.2) is 18.3 Å². The van der Waals surface area contributed by atoms with Crippen molar-refractivity contribution >= 4 is 12.1 Å². The van der Waals surface area contributed by atoms with E-state index in [9.17, 15) is 9.59 Å². The van der Waals surface area contributed by atoms with Crippen molar-refractivity contribution in [2.24, 2.45) is 0 Å². The molecular formula is C14H20N2O4. The maximum atomic E-state index is 11.6. The second kappa shape index (κ2) is 6.36. The Morgan fingerprint density at radius 2 is 2.05 bits per heavy atom. The third kappa shape index (κ3) is 5.69. The summed E-state index contributed by atoms with van der Waals surface area (Å²) in [7, 11) is 0. The number of amides is 1. The van der Waals surface area contributed by atoms with Crippen LogP contribution in [0.2, 0.25) is 0 Å². The summed E-state index contributed by atoms with van der Waals surface area (Å²) in [6.45, 7) is 7.03. The molecule has 0 aliphatic carbocycles. The van der Waals surface area contributed by atoms with Gasteiger partial charge in [-0.3, -0.25) is 4.98 Å². The topological polar surface area (TPSA) is 88.5 Å². The molecule has 6 nitrogen and oxygen atoms in total. The van der Waals surface area contributed by atoms with Crippen molar-refractivity contribution in [2.75, 3.05) is 0 Å². The van der Waals surface area contributed by atoms with Gasteiger partial charge in [-0.2, -0.15) is 0 Å². The van der Waals surface area contributed by atoms with E-state index in [1.165, 1.54) is 0 Å². The molecule has 0 spiro atoms. The lowest BCUT2D eigenvalue weighted by atomic mass is 10.1. The summed E-state index contributed by atoms with van der Waals surface area (Å²) in [5.41, 5.74) is 0.912. The number of hydrogen-bond acceptors (Lipinski definition) is 4. The second-order valence-electron chi connectivity index (χ2n) is 5.57. The van der Waals surface area contributed by atoms with Crippen LogP contribution in [0.1, 0.15) is 32.0 Å². The minimum absolute atomic E-state index is 0.106. The van der Waals surface area contributed by atoms with E-state index in [2.05, 4.69) is 10.3 Å². The Hall–Kier alpha value is -2.11. The van der Waals surface area contributed by atoms with Crippen LogP contribution >= 0.6 is 0 Å². The van der Waals surface area contributed by atoms with Crippen molar-refractivity contribution < 1.29 is 19.4 Å². The lowest BCUT2D eigenvalue weighted by Crippen LogP contribution is -2.44. The highest BCUT2D eigenvalue weighted by atomic mass is 16.6. The molecule has 0 saturated heterocycles. The zero-order chi connectivity index (χ0) is 15.3. The summed E-state index contributed by atoms with van der Waals surface area (Å²) in [6, 6.07) is 2.51. The van der Waals surface area contributed by atoms with Crippen LogP contribution in [0.25, 0.3) is 0 Å². The Kier molecular flexibility index (Phi) is 5.07. The minimum atomic E-state index is -1.13. The second-order valence-corrected chi connectivity index (χ2v) is 5.57. The lowest BCUT2D eigenvalue weighted by molar-refractivity contribution is -0.139. The fourth-order valence-electron chi connectivity index (χ4n) is 1.48. The SMILES string of the molecule is Cc1ccc(CC(NC(=O)OC(C)(C)C)C(=O)O)nc1. The molecule has 0 bridgehead atoms. The monoisotopic (exact) mass is 280 g/mol. The Morgan fingerprint density at radius 3 is 2.50 bits per heavy atom. The van der Waals surface area contributed by atoms with Gasteiger partial charge in [-0.1, -0.05) is 6.07 Å². The molecule has 1 atom stereocenters. The van der Waals surface area contributed by atoms with E-state index in [1.54, 1.807) is 33.0 Å². The van der Waals surface area contributed by atoms with Gasteiger partial charge in [0.25, 0.3) is 0 Å². The van der Waals surface area contributed by atoms with Gasteiger partial charge in [0.2, 0.25) is 0 Å². The normalized spacial score (nSPS) is 12.6. The average Bonchev–Trinajstić information content (AvgIpc) is 2.28. The Morgan fingerprint density at radius 1 is 1.40 bits per heavy atom. The molecule has 1 amide bonds. The van der Waals surface area contributed by atoms with Crippen molar-refractivity contribution in [2.45, 2.75) is 45.8 Å². The van der Waals surface area contributed by atoms with Crippen LogP contribution in [0.4, 0.5) is 4.79 Å². The number of nitrogens with one attached hydrogen (secondary N) is 1. The Labute approximate surface area is 118 Å². The number of carboxylic acids is 1. The number of hydrogen-bond donors (Lipinski definition) is 2. The van der Waals surface area contributed by atoms with Gasteiger partial charge in [-0.25, -0.2) is 9.59 Å². The van der Waals surface area contributed by atoms with Crippen LogP contribution in [0.5, 0.6) is 0 Å². The molecule has 0 fully saturated rings. The molecule has 1 rings (SSSR count). The summed E-state index contributed by atoms with van der Waals surface area (Å²) in [6.07, 6.45) is 1.01. The van der Waals surface area contributed by atoms with Gasteiger partial charge in [0.15, 0.2) is 0 Å². The summed E-state index contributed by atoms with van der Waals surface area (Å²) >= 11 is 0. The van der Waals surface area contributed by atoms with Gasteiger partial charge >= 0.3 is 12.1 Å². The van der Waals surface area contributed by atoms with Crippen LogP contribution < -0.4 is 5.32 Å². The molecule has 20 heavy (non-hydrogen) atoms. The number of carbonyl (C=O) groups excluding carboxylic acids is 1. The highest BCUT2D eigenvalue weighted by Gasteiger charge is 2.24. The number of pyridine rings is 1. The largest absolute Gasteiger partial charge is 0.480 e. The predicted octanol–water partition coefficient (Wildman–Crippen LogP) is 1.91. The van der Waals surface area contributed by atoms with Gasteiger partial charge in [0, 0.05) is 18.3 Å². The highest BCUT2D eigenvalue weighted by molar-refractivity contribution is 5.80. The lowest BCUT2D eigenvalue weighted by Gasteiger charge is -2.21. The quantitative estimate of drug-likeness (QED) is 0.879. The maximum absolute atomic E-state index is 11.6. The number of carboxylic acid groups (broad SMARTS) is 1. The van der Waals surface area contributed by atoms with Crippen molar-refractivity contribution in [3.8, 4) is 0 Å². The number of ether oxygens (including phenoxy) is 1. The number of carbonyl (C=O) groups is 2. The van der Waals surface area contributed by atoms with Crippen LogP contribution in [0.3, 0.4) is 0 Å². The van der Waals surface area contributed by atoms with E-state index in [0.717, 1.165) is 5.56 Å². The van der Waals surface area contributed by atoms with Gasteiger partial charge in [-0.05, 0) is 39.3 Å². The fraction of sp³-hybridized carbons (Fsp3) is 0.500. The fourth-order valence-corrected chi connectivity index (χ4v) is 1.48. The molecule has 1 aromatic heterocycles. The molecule has 0 aliphatic rings. The zero-order valence-electron chi connectivity index (χ0n) is 12.1. The Bertz CT molecular complexity index is 477. The average molecular weight is 280 g/mol. The first-order chi connectivity index (χ1) is 9.17. The molecule has 110 valence electrons. The summed E-state index contributed by atoms with van der Waals surface area (Å²) in [4.78, 5) is 26.9. The number of nitrogens with zero attached hydrogens (tertiary/aromatic N) is 1. The number of aromatic nitrogens is 1. The summed E-state index contributed by atoms with van der Waals surface area (Å²) in [5, 5.41) is 11.5. The number of aryl methyl sites for hydroxylation is 1. The molecule has 0 radical (unpaired) electrons. The van der Waals surface area contributed by atoms with E-state index in [0.29, 0.717) is 5.69 Å². The first-order valence-electron chi connectivity index (χ1n) is 6.31. The third-order valence-electron chi connectivity index (χ3n) is 2.37. The molecule has 0 saturated carbocycles. The molecule has 6 heteroatoms. The number of aliphatic carboxylic acids is 1. The number of alkyl carbamates (subject to hydrolysis) is 1. The van der Waals surface area contributed by atoms with Crippen LogP contribution in [-0.4, -0.2) is 33.8 Å². The maximum Gasteiger partial charge on any atom is 0.408 e. The third-order valence-corrected chi connectivity index (χ3v) is 2.37. The number of rotatable bonds is 4. The van der Waals surface area contributed by atoms with Crippen molar-refractivity contribution in [3.63, 3.8) is 0 Å². The molecule has 2 N–H and O–H groups in total. The minimum Gasteiger partial charge on any atom is -0.480 e. The smallest absolute Gasteiger partial charge is 0.408 e. The first-order valence-corrected chi connectivity index (χ1v) is 6.31. The molecule has 0 aliphatic heterocycles. The van der Waals surface area contributed by atoms with Gasteiger partial charge in [0.05, 0.1) is 0 Å². The molecule has 0 aromatic carbocycles. The van der Waals surface area contributed by atoms with E-state index in [4.69, 9.17) is 9.84 Å². The van der Waals surface area contributed by atoms with Crippen LogP contribution in [-0.2, 0) is 16.0 Å². The summed E-state index contributed by atoms with van der Waals surface area (Å²) < 4.78 is 5.04. The molecule has 1 aromatic rings. The van der Waals surface area contributed by atoms with E-state index in [1.807, 2.05) is 13.0 Å². The van der Waals surface area contributed by atoms with Gasteiger partial charge in [0.1, 0.15) is 11.6 Å². The Balaban J connectivity index is 2.68. The molecular weight excluding hydrogens is 260 g/mol. The van der Waals surface area contributed by atoms with Crippen molar-refractivity contribution in [1.29, 1.82) is 0 Å². The van der Waals surface area contributed by atoms with Crippen LogP contribution in [0, 0.1) is 6.92 Å². The van der Waals surface area contributed by atoms with E-state index in [-0.39, 0.29) is 6.42 Å².